The minimum atomic E-state index is -0.375. The average molecular weight is 191 g/mol. The number of benzene rings is 1. The number of ether oxygens (including phenoxy) is 1. The first kappa shape index (κ1) is 10.1. The Hall–Kier alpha value is -2.02. The van der Waals surface area contributed by atoms with Gasteiger partial charge in [0, 0.05) is 12.5 Å². The summed E-state index contributed by atoms with van der Waals surface area (Å²) in [5.74, 6) is -0.227. The monoisotopic (exact) mass is 191 g/mol. The largest absolute Gasteiger partial charge is 0.507 e. The van der Waals surface area contributed by atoms with Crippen molar-refractivity contribution in [3.63, 3.8) is 0 Å². The first-order valence-electron chi connectivity index (χ1n) is 4.11. The van der Waals surface area contributed by atoms with Crippen molar-refractivity contribution in [3.05, 3.63) is 23.8 Å². The highest BCUT2D eigenvalue weighted by Gasteiger charge is 2.05. The number of hydrogen-bond acceptors (Lipinski definition) is 4. The van der Waals surface area contributed by atoms with Gasteiger partial charge in [-0.25, -0.2) is 0 Å². The van der Waals surface area contributed by atoms with Gasteiger partial charge in [0.15, 0.2) is 0 Å². The van der Waals surface area contributed by atoms with Crippen molar-refractivity contribution in [1.82, 2.24) is 0 Å². The van der Waals surface area contributed by atoms with Gasteiger partial charge in [-0.15, -0.1) is 0 Å². The fourth-order valence-electron chi connectivity index (χ4n) is 0.872. The fraction of sp³-hybridized carbons (Fsp3) is 0.200. The summed E-state index contributed by atoms with van der Waals surface area (Å²) in [4.78, 5) is 10.9. The van der Waals surface area contributed by atoms with E-state index in [1.807, 2.05) is 0 Å². The van der Waals surface area contributed by atoms with E-state index >= 15 is 0 Å². The summed E-state index contributed by atoms with van der Waals surface area (Å²) in [5.41, 5.74) is 0.0893. The number of phenols is 1. The van der Waals surface area contributed by atoms with Crippen molar-refractivity contribution in [2.75, 3.05) is 0 Å². The lowest BCUT2D eigenvalue weighted by atomic mass is 10.2. The maximum Gasteiger partial charge on any atom is 0.310 e. The minimum absolute atomic E-state index is 0.0893. The molecule has 72 valence electrons. The summed E-state index contributed by atoms with van der Waals surface area (Å²) in [6, 6.07) is 5.86. The predicted octanol–water partition coefficient (Wildman–Crippen LogP) is 1.58. The molecule has 0 bridgehead atoms. The maximum atomic E-state index is 10.9. The van der Waals surface area contributed by atoms with Crippen LogP contribution in [0.1, 0.15) is 18.9 Å². The highest BCUT2D eigenvalue weighted by molar-refractivity contribution is 5.72. The minimum Gasteiger partial charge on any atom is -0.507 e. The number of aromatic hydroxyl groups is 1. The second-order valence-electron chi connectivity index (χ2n) is 2.62. The van der Waals surface area contributed by atoms with Crippen LogP contribution in [-0.2, 0) is 4.79 Å². The number of carbonyl (C=O) groups is 1. The Bertz CT molecular complexity index is 393. The zero-order valence-corrected chi connectivity index (χ0v) is 7.65. The summed E-state index contributed by atoms with van der Waals surface area (Å²) in [5, 5.41) is 17.7. The molecule has 14 heavy (non-hydrogen) atoms. The SMILES string of the molecule is CCC(=O)Oc1ccc(O)c(C#N)c1. The molecule has 4 nitrogen and oxygen atoms in total. The Morgan fingerprint density at radius 3 is 2.93 bits per heavy atom. The molecule has 0 spiro atoms. The number of esters is 1. The van der Waals surface area contributed by atoms with Gasteiger partial charge in [0.05, 0.1) is 5.56 Å². The van der Waals surface area contributed by atoms with E-state index < -0.39 is 0 Å². The quantitative estimate of drug-likeness (QED) is 0.569. The van der Waals surface area contributed by atoms with Crippen LogP contribution in [0.15, 0.2) is 18.2 Å². The summed E-state index contributed by atoms with van der Waals surface area (Å²) in [7, 11) is 0. The summed E-state index contributed by atoms with van der Waals surface area (Å²) < 4.78 is 4.86. The molecule has 0 aliphatic carbocycles. The molecule has 4 heteroatoms. The van der Waals surface area contributed by atoms with Crippen LogP contribution in [-0.4, -0.2) is 11.1 Å². The van der Waals surface area contributed by atoms with Gasteiger partial charge >= 0.3 is 5.97 Å². The molecule has 0 aliphatic heterocycles. The van der Waals surface area contributed by atoms with Crippen LogP contribution >= 0.6 is 0 Å². The van der Waals surface area contributed by atoms with Crippen LogP contribution in [0, 0.1) is 11.3 Å². The molecule has 1 aromatic carbocycles. The lowest BCUT2D eigenvalue weighted by Gasteiger charge is -2.03. The number of nitrogens with zero attached hydrogens (tertiary/aromatic N) is 1. The van der Waals surface area contributed by atoms with Gasteiger partial charge in [-0.05, 0) is 12.1 Å². The van der Waals surface area contributed by atoms with Crippen molar-refractivity contribution in [2.24, 2.45) is 0 Å². The van der Waals surface area contributed by atoms with Gasteiger partial charge in [-0.2, -0.15) is 5.26 Å². The Kier molecular flexibility index (Phi) is 3.08. The van der Waals surface area contributed by atoms with E-state index in [1.165, 1.54) is 18.2 Å². The molecule has 0 aliphatic rings. The van der Waals surface area contributed by atoms with E-state index in [-0.39, 0.29) is 29.5 Å². The van der Waals surface area contributed by atoms with Crippen molar-refractivity contribution in [3.8, 4) is 17.6 Å². The van der Waals surface area contributed by atoms with Gasteiger partial charge in [0.1, 0.15) is 17.6 Å². The first-order valence-corrected chi connectivity index (χ1v) is 4.11. The van der Waals surface area contributed by atoms with E-state index in [9.17, 15) is 4.79 Å². The second-order valence-corrected chi connectivity index (χ2v) is 2.62. The smallest absolute Gasteiger partial charge is 0.310 e. The number of hydrogen-bond donors (Lipinski definition) is 1. The van der Waals surface area contributed by atoms with Gasteiger partial charge in [-0.3, -0.25) is 4.79 Å². The first-order chi connectivity index (χ1) is 6.67. The maximum absolute atomic E-state index is 10.9. The van der Waals surface area contributed by atoms with E-state index in [0.29, 0.717) is 0 Å². The Morgan fingerprint density at radius 1 is 1.64 bits per heavy atom. The van der Waals surface area contributed by atoms with Crippen LogP contribution in [0.25, 0.3) is 0 Å². The lowest BCUT2D eigenvalue weighted by molar-refractivity contribution is -0.134. The highest BCUT2D eigenvalue weighted by atomic mass is 16.5. The van der Waals surface area contributed by atoms with Gasteiger partial charge in [-0.1, -0.05) is 6.92 Å². The summed E-state index contributed by atoms with van der Waals surface area (Å²) in [6.45, 7) is 1.67. The topological polar surface area (TPSA) is 70.3 Å². The third-order valence-corrected chi connectivity index (χ3v) is 1.61. The number of nitriles is 1. The average Bonchev–Trinajstić information content (AvgIpc) is 2.20. The van der Waals surface area contributed by atoms with E-state index in [0.717, 1.165) is 0 Å². The summed E-state index contributed by atoms with van der Waals surface area (Å²) in [6.07, 6.45) is 0.267. The van der Waals surface area contributed by atoms with E-state index in [2.05, 4.69) is 0 Å². The molecule has 1 rings (SSSR count). The van der Waals surface area contributed by atoms with E-state index in [1.54, 1.807) is 13.0 Å². The zero-order valence-electron chi connectivity index (χ0n) is 7.65. The standard InChI is InChI=1S/C10H9NO3/c1-2-10(13)14-8-3-4-9(12)7(5-8)6-11/h3-5,12H,2H2,1H3. The molecule has 0 unspecified atom stereocenters. The Balaban J connectivity index is 2.91. The molecule has 0 aromatic heterocycles. The molecule has 0 heterocycles. The molecule has 0 fully saturated rings. The normalized spacial score (nSPS) is 9.14. The van der Waals surface area contributed by atoms with Crippen LogP contribution in [0.3, 0.4) is 0 Å². The number of rotatable bonds is 2. The number of carbonyl (C=O) groups excluding carboxylic acids is 1. The highest BCUT2D eigenvalue weighted by Crippen LogP contribution is 2.22. The molecule has 0 saturated carbocycles. The molecular weight excluding hydrogens is 182 g/mol. The molecule has 0 saturated heterocycles. The molecule has 1 aromatic rings. The third kappa shape index (κ3) is 2.23. The van der Waals surface area contributed by atoms with Crippen molar-refractivity contribution < 1.29 is 14.6 Å². The summed E-state index contributed by atoms with van der Waals surface area (Å²) >= 11 is 0. The number of phenolic OH excluding ortho intramolecular Hbond substituents is 1. The van der Waals surface area contributed by atoms with E-state index in [4.69, 9.17) is 15.1 Å². The Labute approximate surface area is 81.4 Å². The molecule has 0 radical (unpaired) electrons. The second kappa shape index (κ2) is 4.28. The third-order valence-electron chi connectivity index (χ3n) is 1.61. The fourth-order valence-corrected chi connectivity index (χ4v) is 0.872. The Morgan fingerprint density at radius 2 is 2.36 bits per heavy atom. The van der Waals surface area contributed by atoms with Gasteiger partial charge in [0.25, 0.3) is 0 Å². The predicted molar refractivity (Wildman–Crippen MR) is 48.7 cm³/mol. The lowest BCUT2D eigenvalue weighted by Crippen LogP contribution is -2.05. The zero-order chi connectivity index (χ0) is 10.6. The van der Waals surface area contributed by atoms with Crippen LogP contribution in [0.5, 0.6) is 11.5 Å². The molecule has 0 amide bonds. The molecular formula is C10H9NO3. The van der Waals surface area contributed by atoms with Crippen LogP contribution in [0.2, 0.25) is 0 Å². The van der Waals surface area contributed by atoms with Crippen molar-refractivity contribution >= 4 is 5.97 Å². The van der Waals surface area contributed by atoms with Gasteiger partial charge in [0.2, 0.25) is 0 Å². The molecule has 0 atom stereocenters. The van der Waals surface area contributed by atoms with Crippen LogP contribution in [0.4, 0.5) is 0 Å². The van der Waals surface area contributed by atoms with Crippen molar-refractivity contribution in [1.29, 1.82) is 5.26 Å². The van der Waals surface area contributed by atoms with Crippen LogP contribution < -0.4 is 4.74 Å². The van der Waals surface area contributed by atoms with Gasteiger partial charge < -0.3 is 9.84 Å². The molecule has 1 N–H and O–H groups in total. The van der Waals surface area contributed by atoms with Crippen molar-refractivity contribution in [2.45, 2.75) is 13.3 Å².